The van der Waals surface area contributed by atoms with Gasteiger partial charge in [0.05, 0.1) is 5.02 Å². The minimum Gasteiger partial charge on any atom is -0.490 e. The van der Waals surface area contributed by atoms with Crippen molar-refractivity contribution in [3.63, 3.8) is 0 Å². The van der Waals surface area contributed by atoms with Crippen LogP contribution in [0.25, 0.3) is 10.8 Å². The summed E-state index contributed by atoms with van der Waals surface area (Å²) in [4.78, 5) is 22.9. The number of aliphatic hydroxyl groups is 2. The lowest BCUT2D eigenvalue weighted by Crippen LogP contribution is -2.26. The molecule has 0 aliphatic carbocycles. The molecule has 0 heterocycles. The Morgan fingerprint density at radius 2 is 1.36 bits per heavy atom. The number of hydrogen-bond acceptors (Lipinski definition) is 8. The monoisotopic (exact) mass is 478 g/mol. The topological polar surface area (TPSA) is 112 Å². The van der Waals surface area contributed by atoms with Gasteiger partial charge < -0.3 is 29.2 Å². The standard InChI is InChI=1S/C24H27ClO8/c1-14(2)23(28)32-12-16(26)10-30-21-9-20(25)22(19-8-6-5-7-18(19)21)31-11-17(27)13-33-24(29)15(3)4/h5-9,16-17,26-27H,1,3,10-13H2,2,4H3. The molecule has 0 radical (unpaired) electrons. The Balaban J connectivity index is 2.06. The lowest BCUT2D eigenvalue weighted by atomic mass is 10.1. The number of rotatable bonds is 12. The molecule has 0 aliphatic heterocycles. The fraction of sp³-hybridized carbons (Fsp3) is 0.333. The molecule has 33 heavy (non-hydrogen) atoms. The molecule has 8 nitrogen and oxygen atoms in total. The van der Waals surface area contributed by atoms with Gasteiger partial charge in [0.15, 0.2) is 0 Å². The van der Waals surface area contributed by atoms with Crippen LogP contribution in [-0.4, -0.2) is 60.8 Å². The minimum atomic E-state index is -1.07. The van der Waals surface area contributed by atoms with Crippen LogP contribution in [-0.2, 0) is 19.1 Å². The van der Waals surface area contributed by atoms with Gasteiger partial charge in [-0.2, -0.15) is 0 Å². The average molecular weight is 479 g/mol. The quantitative estimate of drug-likeness (QED) is 0.353. The molecule has 0 aromatic heterocycles. The predicted molar refractivity (Wildman–Crippen MR) is 124 cm³/mol. The van der Waals surface area contributed by atoms with Gasteiger partial charge in [0.2, 0.25) is 0 Å². The smallest absolute Gasteiger partial charge is 0.333 e. The van der Waals surface area contributed by atoms with Crippen molar-refractivity contribution in [1.29, 1.82) is 0 Å². The lowest BCUT2D eigenvalue weighted by molar-refractivity contribution is -0.143. The molecule has 0 saturated carbocycles. The molecule has 2 atom stereocenters. The van der Waals surface area contributed by atoms with Gasteiger partial charge in [0, 0.05) is 28.0 Å². The lowest BCUT2D eigenvalue weighted by Gasteiger charge is -2.18. The van der Waals surface area contributed by atoms with E-state index in [9.17, 15) is 19.8 Å². The second kappa shape index (κ2) is 12.2. The minimum absolute atomic E-state index is 0.142. The van der Waals surface area contributed by atoms with Gasteiger partial charge in [-0.1, -0.05) is 49.0 Å². The van der Waals surface area contributed by atoms with E-state index in [0.29, 0.717) is 22.3 Å². The van der Waals surface area contributed by atoms with Gasteiger partial charge in [0.1, 0.15) is 50.1 Å². The molecule has 9 heteroatoms. The molecule has 2 aromatic rings. The number of halogens is 1. The summed E-state index contributed by atoms with van der Waals surface area (Å²) in [5.41, 5.74) is 0.461. The zero-order valence-electron chi connectivity index (χ0n) is 18.5. The Kier molecular flexibility index (Phi) is 9.72. The van der Waals surface area contributed by atoms with Crippen LogP contribution in [0.2, 0.25) is 5.02 Å². The van der Waals surface area contributed by atoms with Gasteiger partial charge in [-0.25, -0.2) is 9.59 Å². The molecule has 2 unspecified atom stereocenters. The molecule has 0 saturated heterocycles. The summed E-state index contributed by atoms with van der Waals surface area (Å²) in [7, 11) is 0. The van der Waals surface area contributed by atoms with Gasteiger partial charge in [-0.05, 0) is 13.8 Å². The number of carbonyl (C=O) groups is 2. The number of benzene rings is 2. The van der Waals surface area contributed by atoms with Crippen molar-refractivity contribution >= 4 is 34.3 Å². The zero-order valence-corrected chi connectivity index (χ0v) is 19.3. The first kappa shape index (κ1) is 26.2. The summed E-state index contributed by atoms with van der Waals surface area (Å²) in [5.74, 6) is -0.485. The van der Waals surface area contributed by atoms with Gasteiger partial charge >= 0.3 is 11.9 Å². The Morgan fingerprint density at radius 3 is 1.88 bits per heavy atom. The number of carbonyl (C=O) groups excluding carboxylic acids is 2. The number of hydrogen-bond donors (Lipinski definition) is 2. The highest BCUT2D eigenvalue weighted by atomic mass is 35.5. The SMILES string of the molecule is C=C(C)C(=O)OCC(O)COc1cc(Cl)c(OCC(O)COC(=O)C(=C)C)c2ccccc12. The summed E-state index contributed by atoms with van der Waals surface area (Å²) in [6, 6.07) is 8.66. The average Bonchev–Trinajstić information content (AvgIpc) is 2.78. The van der Waals surface area contributed by atoms with Crippen LogP contribution in [0.4, 0.5) is 0 Å². The Hall–Kier alpha value is -3.07. The highest BCUT2D eigenvalue weighted by molar-refractivity contribution is 6.33. The summed E-state index contributed by atoms with van der Waals surface area (Å²) in [6.45, 7) is 9.16. The van der Waals surface area contributed by atoms with Crippen molar-refractivity contribution in [3.05, 3.63) is 59.7 Å². The van der Waals surface area contributed by atoms with E-state index in [0.717, 1.165) is 0 Å². The van der Waals surface area contributed by atoms with E-state index < -0.39 is 24.1 Å². The Bertz CT molecular complexity index is 1030. The van der Waals surface area contributed by atoms with E-state index in [1.807, 2.05) is 0 Å². The van der Waals surface area contributed by atoms with Crippen molar-refractivity contribution in [1.82, 2.24) is 0 Å². The van der Waals surface area contributed by atoms with E-state index in [4.69, 9.17) is 30.5 Å². The van der Waals surface area contributed by atoms with Crippen LogP contribution < -0.4 is 9.47 Å². The second-order valence-electron chi connectivity index (χ2n) is 7.42. The van der Waals surface area contributed by atoms with Gasteiger partial charge in [-0.15, -0.1) is 0 Å². The molecule has 0 spiro atoms. The van der Waals surface area contributed by atoms with Crippen LogP contribution >= 0.6 is 11.6 Å². The molecule has 178 valence electrons. The third-order valence-corrected chi connectivity index (χ3v) is 4.55. The Morgan fingerprint density at radius 1 is 0.879 bits per heavy atom. The number of fused-ring (bicyclic) bond motifs is 1. The predicted octanol–water partition coefficient (Wildman–Crippen LogP) is 3.21. The summed E-state index contributed by atoms with van der Waals surface area (Å²) >= 11 is 6.39. The summed E-state index contributed by atoms with van der Waals surface area (Å²) < 4.78 is 21.2. The van der Waals surface area contributed by atoms with Crippen LogP contribution in [0.1, 0.15) is 13.8 Å². The molecular formula is C24H27ClO8. The molecule has 0 fully saturated rings. The second-order valence-corrected chi connectivity index (χ2v) is 7.83. The molecular weight excluding hydrogens is 452 g/mol. The van der Waals surface area contributed by atoms with Crippen LogP contribution in [0, 0.1) is 0 Å². The first-order valence-electron chi connectivity index (χ1n) is 10.1. The van der Waals surface area contributed by atoms with Crippen molar-refractivity contribution in [3.8, 4) is 11.5 Å². The van der Waals surface area contributed by atoms with E-state index in [2.05, 4.69) is 13.2 Å². The molecule has 0 amide bonds. The van der Waals surface area contributed by atoms with Crippen LogP contribution in [0.5, 0.6) is 11.5 Å². The van der Waals surface area contributed by atoms with Crippen LogP contribution in [0.3, 0.4) is 0 Å². The highest BCUT2D eigenvalue weighted by Crippen LogP contribution is 2.39. The highest BCUT2D eigenvalue weighted by Gasteiger charge is 2.17. The maximum absolute atomic E-state index is 11.4. The normalized spacial score (nSPS) is 12.5. The van der Waals surface area contributed by atoms with E-state index in [1.165, 1.54) is 19.9 Å². The molecule has 2 aromatic carbocycles. The van der Waals surface area contributed by atoms with Crippen molar-refractivity contribution in [2.45, 2.75) is 26.1 Å². The van der Waals surface area contributed by atoms with Crippen molar-refractivity contribution < 1.29 is 38.7 Å². The third kappa shape index (κ3) is 7.78. The van der Waals surface area contributed by atoms with Crippen LogP contribution in [0.15, 0.2) is 54.6 Å². The molecule has 2 rings (SSSR count). The first-order valence-corrected chi connectivity index (χ1v) is 10.5. The van der Waals surface area contributed by atoms with Gasteiger partial charge in [-0.3, -0.25) is 0 Å². The van der Waals surface area contributed by atoms with E-state index in [1.54, 1.807) is 24.3 Å². The maximum atomic E-state index is 11.4. The summed E-state index contributed by atoms with van der Waals surface area (Å²) in [6.07, 6.45) is -2.13. The van der Waals surface area contributed by atoms with Crippen molar-refractivity contribution in [2.75, 3.05) is 26.4 Å². The molecule has 0 aliphatic rings. The summed E-state index contributed by atoms with van der Waals surface area (Å²) in [5, 5.41) is 21.6. The van der Waals surface area contributed by atoms with Gasteiger partial charge in [0.25, 0.3) is 0 Å². The third-order valence-electron chi connectivity index (χ3n) is 4.27. The fourth-order valence-electron chi connectivity index (χ4n) is 2.60. The van der Waals surface area contributed by atoms with E-state index in [-0.39, 0.29) is 42.6 Å². The number of aliphatic hydroxyl groups excluding tert-OH is 2. The fourth-order valence-corrected chi connectivity index (χ4v) is 2.86. The number of esters is 2. The molecule has 0 bridgehead atoms. The first-order chi connectivity index (χ1) is 15.6. The largest absolute Gasteiger partial charge is 0.490 e. The molecule has 2 N–H and O–H groups in total. The number of ether oxygens (including phenoxy) is 4. The van der Waals surface area contributed by atoms with E-state index >= 15 is 0 Å². The maximum Gasteiger partial charge on any atom is 0.333 e. The Labute approximate surface area is 197 Å². The zero-order chi connectivity index (χ0) is 24.5. The van der Waals surface area contributed by atoms with Crippen molar-refractivity contribution in [2.24, 2.45) is 0 Å².